The highest BCUT2D eigenvalue weighted by molar-refractivity contribution is 6.71. The molecule has 0 spiro atoms. The van der Waals surface area contributed by atoms with Crippen molar-refractivity contribution in [2.45, 2.75) is 57.3 Å². The van der Waals surface area contributed by atoms with E-state index in [4.69, 9.17) is 16.0 Å². The van der Waals surface area contributed by atoms with Gasteiger partial charge in [-0.2, -0.15) is 0 Å². The largest absolute Gasteiger partial charge is 0.413 e. The van der Waals surface area contributed by atoms with Crippen molar-refractivity contribution >= 4 is 19.9 Å². The molecule has 18 heavy (non-hydrogen) atoms. The van der Waals surface area contributed by atoms with Gasteiger partial charge in [0, 0.05) is 0 Å². The second kappa shape index (κ2) is 7.32. The van der Waals surface area contributed by atoms with Gasteiger partial charge in [0.25, 0.3) is 0 Å². The smallest absolute Gasteiger partial charge is 0.187 e. The SMILES string of the molecule is CCC(Cl)C(C)O[Si](C)(C)CCc1ccccc1. The summed E-state index contributed by atoms with van der Waals surface area (Å²) in [5, 5.41) is 0.133. The molecule has 0 N–H and O–H groups in total. The van der Waals surface area contributed by atoms with Gasteiger partial charge in [0.1, 0.15) is 0 Å². The van der Waals surface area contributed by atoms with Crippen LogP contribution in [-0.2, 0) is 10.8 Å². The topological polar surface area (TPSA) is 9.23 Å². The third-order valence-electron chi connectivity index (χ3n) is 3.26. The van der Waals surface area contributed by atoms with Crippen molar-refractivity contribution in [1.29, 1.82) is 0 Å². The molecule has 0 aliphatic heterocycles. The Hall–Kier alpha value is -0.313. The minimum absolute atomic E-state index is 0.133. The molecule has 0 aromatic heterocycles. The number of benzene rings is 1. The van der Waals surface area contributed by atoms with Crippen molar-refractivity contribution in [3.05, 3.63) is 35.9 Å². The highest BCUT2D eigenvalue weighted by atomic mass is 35.5. The summed E-state index contributed by atoms with van der Waals surface area (Å²) in [7, 11) is -1.61. The standard InChI is InChI=1S/C15H25ClOSi/c1-5-15(16)13(2)17-18(3,4)12-11-14-9-7-6-8-10-14/h6-10,13,15H,5,11-12H2,1-4H3. The summed E-state index contributed by atoms with van der Waals surface area (Å²) in [5.74, 6) is 0. The fourth-order valence-electron chi connectivity index (χ4n) is 2.06. The Kier molecular flexibility index (Phi) is 6.40. The summed E-state index contributed by atoms with van der Waals surface area (Å²) in [4.78, 5) is 0. The van der Waals surface area contributed by atoms with Crippen molar-refractivity contribution in [1.82, 2.24) is 0 Å². The van der Waals surface area contributed by atoms with Gasteiger partial charge < -0.3 is 4.43 Å². The predicted octanol–water partition coefficient (Wildman–Crippen LogP) is 4.86. The van der Waals surface area contributed by atoms with Crippen LogP contribution in [0.25, 0.3) is 0 Å². The van der Waals surface area contributed by atoms with Gasteiger partial charge in [0.05, 0.1) is 11.5 Å². The molecule has 0 radical (unpaired) electrons. The van der Waals surface area contributed by atoms with Gasteiger partial charge in [-0.15, -0.1) is 11.6 Å². The van der Waals surface area contributed by atoms with Crippen molar-refractivity contribution in [2.24, 2.45) is 0 Å². The zero-order valence-electron chi connectivity index (χ0n) is 11.9. The van der Waals surface area contributed by atoms with Crippen molar-refractivity contribution in [2.75, 3.05) is 0 Å². The Morgan fingerprint density at radius 3 is 2.39 bits per heavy atom. The lowest BCUT2D eigenvalue weighted by molar-refractivity contribution is 0.203. The molecule has 0 heterocycles. The first-order chi connectivity index (χ1) is 8.44. The highest BCUT2D eigenvalue weighted by Gasteiger charge is 2.27. The molecule has 102 valence electrons. The summed E-state index contributed by atoms with van der Waals surface area (Å²) >= 11 is 6.24. The molecule has 2 atom stereocenters. The van der Waals surface area contributed by atoms with E-state index in [9.17, 15) is 0 Å². The number of rotatable bonds is 7. The monoisotopic (exact) mass is 284 g/mol. The zero-order chi connectivity index (χ0) is 13.6. The van der Waals surface area contributed by atoms with Gasteiger partial charge in [-0.05, 0) is 44.5 Å². The van der Waals surface area contributed by atoms with E-state index in [1.54, 1.807) is 0 Å². The molecule has 1 nitrogen and oxygen atoms in total. The van der Waals surface area contributed by atoms with Gasteiger partial charge in [-0.1, -0.05) is 37.3 Å². The second-order valence-corrected chi connectivity index (χ2v) is 10.3. The summed E-state index contributed by atoms with van der Waals surface area (Å²) in [6.07, 6.45) is 2.23. The van der Waals surface area contributed by atoms with Crippen LogP contribution in [0.4, 0.5) is 0 Å². The Morgan fingerprint density at radius 2 is 1.83 bits per heavy atom. The molecular formula is C15H25ClOSi. The van der Waals surface area contributed by atoms with Crippen LogP contribution in [0.15, 0.2) is 30.3 Å². The van der Waals surface area contributed by atoms with Crippen molar-refractivity contribution in [3.63, 3.8) is 0 Å². The van der Waals surface area contributed by atoms with Crippen LogP contribution in [0, 0.1) is 0 Å². The zero-order valence-corrected chi connectivity index (χ0v) is 13.7. The maximum Gasteiger partial charge on any atom is 0.187 e. The van der Waals surface area contributed by atoms with E-state index in [0.29, 0.717) is 0 Å². The summed E-state index contributed by atoms with van der Waals surface area (Å²) in [6.45, 7) is 8.77. The van der Waals surface area contributed by atoms with Gasteiger partial charge in [-0.3, -0.25) is 0 Å². The molecule has 3 heteroatoms. The number of hydrogen-bond acceptors (Lipinski definition) is 1. The minimum atomic E-state index is -1.61. The van der Waals surface area contributed by atoms with Gasteiger partial charge in [0.15, 0.2) is 8.32 Å². The molecule has 0 fully saturated rings. The highest BCUT2D eigenvalue weighted by Crippen LogP contribution is 2.21. The quantitative estimate of drug-likeness (QED) is 0.513. The van der Waals surface area contributed by atoms with Crippen LogP contribution in [0.3, 0.4) is 0 Å². The first kappa shape index (κ1) is 15.7. The lowest BCUT2D eigenvalue weighted by Crippen LogP contribution is -2.38. The first-order valence-electron chi connectivity index (χ1n) is 6.80. The Labute approximate surface area is 118 Å². The fraction of sp³-hybridized carbons (Fsp3) is 0.600. The van der Waals surface area contributed by atoms with E-state index in [2.05, 4.69) is 57.3 Å². The van der Waals surface area contributed by atoms with E-state index < -0.39 is 8.32 Å². The molecule has 1 rings (SSSR count). The van der Waals surface area contributed by atoms with Crippen molar-refractivity contribution < 1.29 is 4.43 Å². The average Bonchev–Trinajstić information content (AvgIpc) is 2.36. The third-order valence-corrected chi connectivity index (χ3v) is 6.39. The Bertz CT molecular complexity index is 340. The lowest BCUT2D eigenvalue weighted by Gasteiger charge is -2.29. The van der Waals surface area contributed by atoms with E-state index in [1.165, 1.54) is 5.56 Å². The molecule has 0 aliphatic carbocycles. The molecule has 0 bridgehead atoms. The van der Waals surface area contributed by atoms with Crippen LogP contribution < -0.4 is 0 Å². The lowest BCUT2D eigenvalue weighted by atomic mass is 10.2. The molecule has 0 saturated heterocycles. The average molecular weight is 285 g/mol. The third kappa shape index (κ3) is 5.55. The number of hydrogen-bond donors (Lipinski definition) is 0. The van der Waals surface area contributed by atoms with Gasteiger partial charge in [0.2, 0.25) is 0 Å². The summed E-state index contributed by atoms with van der Waals surface area (Å²) in [6, 6.07) is 11.8. The summed E-state index contributed by atoms with van der Waals surface area (Å²) < 4.78 is 6.22. The maximum absolute atomic E-state index is 6.24. The fourth-order valence-corrected chi connectivity index (χ4v) is 4.37. The molecule has 0 amide bonds. The van der Waals surface area contributed by atoms with E-state index >= 15 is 0 Å². The van der Waals surface area contributed by atoms with Crippen molar-refractivity contribution in [3.8, 4) is 0 Å². The Morgan fingerprint density at radius 1 is 1.22 bits per heavy atom. The normalized spacial score (nSPS) is 15.4. The summed E-state index contributed by atoms with van der Waals surface area (Å²) in [5.41, 5.74) is 1.40. The van der Waals surface area contributed by atoms with Crippen LogP contribution in [0.1, 0.15) is 25.8 Å². The number of halogens is 1. The van der Waals surface area contributed by atoms with Crippen LogP contribution >= 0.6 is 11.6 Å². The maximum atomic E-state index is 6.24. The van der Waals surface area contributed by atoms with Gasteiger partial charge in [-0.25, -0.2) is 0 Å². The Balaban J connectivity index is 2.44. The second-order valence-electron chi connectivity index (χ2n) is 5.49. The van der Waals surface area contributed by atoms with E-state index in [0.717, 1.165) is 18.9 Å². The predicted molar refractivity (Wildman–Crippen MR) is 82.9 cm³/mol. The molecule has 0 saturated carbocycles. The first-order valence-corrected chi connectivity index (χ1v) is 10.4. The number of alkyl halides is 1. The molecule has 1 aromatic rings. The molecule has 0 aliphatic rings. The van der Waals surface area contributed by atoms with E-state index in [1.807, 2.05) is 0 Å². The molecule has 2 unspecified atom stereocenters. The van der Waals surface area contributed by atoms with Crippen LogP contribution in [0.2, 0.25) is 19.1 Å². The minimum Gasteiger partial charge on any atom is -0.413 e. The van der Waals surface area contributed by atoms with Crippen LogP contribution in [-0.4, -0.2) is 19.8 Å². The van der Waals surface area contributed by atoms with Gasteiger partial charge >= 0.3 is 0 Å². The molecular weight excluding hydrogens is 260 g/mol. The molecule has 1 aromatic carbocycles. The number of aryl methyl sites for hydroxylation is 1. The van der Waals surface area contributed by atoms with Crippen LogP contribution in [0.5, 0.6) is 0 Å². The van der Waals surface area contributed by atoms with E-state index in [-0.39, 0.29) is 11.5 Å².